The SMILES string of the molecule is CC(F)(F)c1ncc(Br)s1. The van der Waals surface area contributed by atoms with Crippen LogP contribution in [0.2, 0.25) is 0 Å². The standard InChI is InChI=1S/C5H4BrF2NS/c1-5(7,8)4-9-2-3(6)10-4/h2H,1H3. The van der Waals surface area contributed by atoms with Crippen LogP contribution in [-0.2, 0) is 5.92 Å². The highest BCUT2D eigenvalue weighted by Gasteiger charge is 2.27. The van der Waals surface area contributed by atoms with E-state index in [2.05, 4.69) is 20.9 Å². The third-order valence-electron chi connectivity index (χ3n) is 0.853. The monoisotopic (exact) mass is 227 g/mol. The Kier molecular flexibility index (Phi) is 2.05. The van der Waals surface area contributed by atoms with Crippen LogP contribution in [0.15, 0.2) is 9.98 Å². The molecule has 1 aromatic rings. The number of rotatable bonds is 1. The number of alkyl halides is 2. The van der Waals surface area contributed by atoms with Crippen LogP contribution in [0, 0.1) is 0 Å². The van der Waals surface area contributed by atoms with E-state index < -0.39 is 5.92 Å². The summed E-state index contributed by atoms with van der Waals surface area (Å²) in [6.07, 6.45) is 1.37. The number of thiazole rings is 1. The summed E-state index contributed by atoms with van der Waals surface area (Å²) in [5.74, 6) is -2.81. The first-order chi connectivity index (χ1) is 4.50. The smallest absolute Gasteiger partial charge is 0.242 e. The van der Waals surface area contributed by atoms with Crippen molar-refractivity contribution in [3.8, 4) is 0 Å². The molecule has 56 valence electrons. The second kappa shape index (κ2) is 2.54. The minimum atomic E-state index is -2.81. The van der Waals surface area contributed by atoms with Gasteiger partial charge in [-0.05, 0) is 15.9 Å². The Morgan fingerprint density at radius 2 is 2.30 bits per heavy atom. The van der Waals surface area contributed by atoms with Gasteiger partial charge < -0.3 is 0 Å². The molecule has 10 heavy (non-hydrogen) atoms. The van der Waals surface area contributed by atoms with Crippen LogP contribution in [0.25, 0.3) is 0 Å². The first kappa shape index (κ1) is 8.07. The fraction of sp³-hybridized carbons (Fsp3) is 0.400. The van der Waals surface area contributed by atoms with Gasteiger partial charge in [-0.1, -0.05) is 0 Å². The molecular formula is C5H4BrF2NS. The van der Waals surface area contributed by atoms with E-state index in [4.69, 9.17) is 0 Å². The third-order valence-corrected chi connectivity index (χ3v) is 2.50. The summed E-state index contributed by atoms with van der Waals surface area (Å²) in [6, 6.07) is 0. The number of nitrogens with zero attached hydrogens (tertiary/aromatic N) is 1. The zero-order valence-electron chi connectivity index (χ0n) is 5.07. The molecule has 0 bridgehead atoms. The number of halogens is 3. The van der Waals surface area contributed by atoms with Gasteiger partial charge >= 0.3 is 0 Å². The van der Waals surface area contributed by atoms with E-state index in [0.717, 1.165) is 18.3 Å². The van der Waals surface area contributed by atoms with Gasteiger partial charge in [-0.25, -0.2) is 4.98 Å². The van der Waals surface area contributed by atoms with Crippen molar-refractivity contribution in [3.05, 3.63) is 15.0 Å². The molecule has 0 aliphatic heterocycles. The van der Waals surface area contributed by atoms with Gasteiger partial charge in [0.1, 0.15) is 0 Å². The van der Waals surface area contributed by atoms with Crippen LogP contribution < -0.4 is 0 Å². The Labute approximate surface area is 69.2 Å². The molecule has 0 aliphatic carbocycles. The Balaban J connectivity index is 2.96. The topological polar surface area (TPSA) is 12.9 Å². The maximum Gasteiger partial charge on any atom is 0.296 e. The van der Waals surface area contributed by atoms with E-state index in [1.54, 1.807) is 0 Å². The summed E-state index contributed by atoms with van der Waals surface area (Å²) >= 11 is 4.00. The fourth-order valence-corrected chi connectivity index (χ4v) is 1.59. The molecule has 5 heteroatoms. The van der Waals surface area contributed by atoms with Gasteiger partial charge in [0.2, 0.25) is 0 Å². The molecule has 0 fully saturated rings. The third kappa shape index (κ3) is 1.73. The van der Waals surface area contributed by atoms with Gasteiger partial charge in [-0.2, -0.15) is 8.78 Å². The summed E-state index contributed by atoms with van der Waals surface area (Å²) < 4.78 is 25.4. The van der Waals surface area contributed by atoms with Crippen molar-refractivity contribution < 1.29 is 8.78 Å². The summed E-state index contributed by atoms with van der Waals surface area (Å²) in [5, 5.41) is -0.153. The largest absolute Gasteiger partial charge is 0.296 e. The lowest BCUT2D eigenvalue weighted by Crippen LogP contribution is -2.05. The molecule has 0 saturated carbocycles. The van der Waals surface area contributed by atoms with E-state index in [1.165, 1.54) is 6.20 Å². The number of hydrogen-bond acceptors (Lipinski definition) is 2. The first-order valence-electron chi connectivity index (χ1n) is 2.50. The lowest BCUT2D eigenvalue weighted by molar-refractivity contribution is 0.0172. The normalized spacial score (nSPS) is 12.0. The number of hydrogen-bond donors (Lipinski definition) is 0. The highest BCUT2D eigenvalue weighted by atomic mass is 79.9. The molecule has 1 heterocycles. The van der Waals surface area contributed by atoms with Crippen LogP contribution in [0.1, 0.15) is 11.9 Å². The van der Waals surface area contributed by atoms with Gasteiger partial charge in [0.25, 0.3) is 5.92 Å². The van der Waals surface area contributed by atoms with Crippen LogP contribution in [0.3, 0.4) is 0 Å². The minimum absolute atomic E-state index is 0.153. The van der Waals surface area contributed by atoms with E-state index in [1.807, 2.05) is 0 Å². The molecule has 0 N–H and O–H groups in total. The molecule has 0 aliphatic rings. The molecule has 0 amide bonds. The van der Waals surface area contributed by atoms with Crippen LogP contribution >= 0.6 is 27.3 Å². The van der Waals surface area contributed by atoms with E-state index >= 15 is 0 Å². The Morgan fingerprint density at radius 3 is 2.50 bits per heavy atom. The van der Waals surface area contributed by atoms with Gasteiger partial charge in [-0.15, -0.1) is 11.3 Å². The van der Waals surface area contributed by atoms with Crippen molar-refractivity contribution in [2.75, 3.05) is 0 Å². The molecule has 0 saturated heterocycles. The Morgan fingerprint density at radius 1 is 1.70 bits per heavy atom. The van der Waals surface area contributed by atoms with Crippen molar-refractivity contribution in [1.29, 1.82) is 0 Å². The maximum atomic E-state index is 12.4. The summed E-state index contributed by atoms with van der Waals surface area (Å²) in [7, 11) is 0. The van der Waals surface area contributed by atoms with E-state index in [-0.39, 0.29) is 5.01 Å². The van der Waals surface area contributed by atoms with E-state index in [9.17, 15) is 8.78 Å². The van der Waals surface area contributed by atoms with Crippen molar-refractivity contribution in [2.45, 2.75) is 12.8 Å². The second-order valence-corrected chi connectivity index (χ2v) is 4.27. The quantitative estimate of drug-likeness (QED) is 0.719. The zero-order valence-corrected chi connectivity index (χ0v) is 7.47. The molecule has 0 unspecified atom stereocenters. The highest BCUT2D eigenvalue weighted by molar-refractivity contribution is 9.11. The molecule has 0 spiro atoms. The van der Waals surface area contributed by atoms with Crippen molar-refractivity contribution in [1.82, 2.24) is 4.98 Å². The average Bonchev–Trinajstić information content (AvgIpc) is 2.11. The van der Waals surface area contributed by atoms with Crippen molar-refractivity contribution in [2.24, 2.45) is 0 Å². The van der Waals surface area contributed by atoms with Crippen LogP contribution in [0.4, 0.5) is 8.78 Å². The maximum absolute atomic E-state index is 12.4. The van der Waals surface area contributed by atoms with Gasteiger partial charge in [-0.3, -0.25) is 0 Å². The molecule has 1 rings (SSSR count). The predicted octanol–water partition coefficient (Wildman–Crippen LogP) is 3.02. The van der Waals surface area contributed by atoms with Crippen LogP contribution in [-0.4, -0.2) is 4.98 Å². The Bertz CT molecular complexity index is 230. The van der Waals surface area contributed by atoms with Gasteiger partial charge in [0.15, 0.2) is 5.01 Å². The zero-order chi connectivity index (χ0) is 7.78. The molecule has 1 aromatic heterocycles. The van der Waals surface area contributed by atoms with E-state index in [0.29, 0.717) is 3.79 Å². The molecule has 0 atom stereocenters. The van der Waals surface area contributed by atoms with Gasteiger partial charge in [0, 0.05) is 6.92 Å². The lowest BCUT2D eigenvalue weighted by atomic mass is 10.4. The Hall–Kier alpha value is -0.0300. The molecular weight excluding hydrogens is 224 g/mol. The molecule has 1 nitrogen and oxygen atoms in total. The first-order valence-corrected chi connectivity index (χ1v) is 4.11. The van der Waals surface area contributed by atoms with Gasteiger partial charge in [0.05, 0.1) is 9.98 Å². The van der Waals surface area contributed by atoms with Crippen LogP contribution in [0.5, 0.6) is 0 Å². The molecule has 0 aromatic carbocycles. The summed E-state index contributed by atoms with van der Waals surface area (Å²) in [5.41, 5.74) is 0. The van der Waals surface area contributed by atoms with Crippen molar-refractivity contribution in [3.63, 3.8) is 0 Å². The second-order valence-electron chi connectivity index (χ2n) is 1.86. The number of aromatic nitrogens is 1. The summed E-state index contributed by atoms with van der Waals surface area (Å²) in [6.45, 7) is 0.832. The fourth-order valence-electron chi connectivity index (χ4n) is 0.457. The van der Waals surface area contributed by atoms with Crippen molar-refractivity contribution >= 4 is 27.3 Å². The highest BCUT2D eigenvalue weighted by Crippen LogP contribution is 2.32. The average molecular weight is 228 g/mol. The summed E-state index contributed by atoms with van der Waals surface area (Å²) in [4.78, 5) is 3.51. The molecule has 0 radical (unpaired) electrons. The minimum Gasteiger partial charge on any atom is -0.242 e. The lowest BCUT2D eigenvalue weighted by Gasteiger charge is -2.03. The predicted molar refractivity (Wildman–Crippen MR) is 39.4 cm³/mol.